The summed E-state index contributed by atoms with van der Waals surface area (Å²) in [6, 6.07) is 0. The van der Waals surface area contributed by atoms with Crippen molar-refractivity contribution in [2.24, 2.45) is 11.8 Å². The van der Waals surface area contributed by atoms with Crippen LogP contribution < -0.4 is 0 Å². The lowest BCUT2D eigenvalue weighted by molar-refractivity contribution is 0.182. The van der Waals surface area contributed by atoms with Crippen molar-refractivity contribution in [2.45, 2.75) is 46.0 Å². The molecule has 0 bridgehead atoms. The predicted molar refractivity (Wildman–Crippen MR) is 52.2 cm³/mol. The van der Waals surface area contributed by atoms with Crippen molar-refractivity contribution in [1.29, 1.82) is 0 Å². The molecule has 1 aliphatic rings. The largest absolute Gasteiger partial charge is 0.381 e. The molecule has 12 heavy (non-hydrogen) atoms. The lowest BCUT2D eigenvalue weighted by atomic mass is 9.94. The molecule has 2 atom stereocenters. The monoisotopic (exact) mass is 170 g/mol. The third kappa shape index (κ3) is 3.57. The van der Waals surface area contributed by atoms with Crippen molar-refractivity contribution in [3.63, 3.8) is 0 Å². The molecule has 0 aliphatic carbocycles. The number of hydrogen-bond donors (Lipinski definition) is 0. The Morgan fingerprint density at radius 3 is 2.83 bits per heavy atom. The summed E-state index contributed by atoms with van der Waals surface area (Å²) < 4.78 is 5.35. The number of hydrogen-bond acceptors (Lipinski definition) is 1. The fourth-order valence-electron chi connectivity index (χ4n) is 1.97. The molecule has 0 amide bonds. The van der Waals surface area contributed by atoms with Crippen LogP contribution in [0.25, 0.3) is 0 Å². The first-order chi connectivity index (χ1) is 5.83. The van der Waals surface area contributed by atoms with Crippen molar-refractivity contribution in [3.05, 3.63) is 0 Å². The van der Waals surface area contributed by atoms with Gasteiger partial charge in [-0.3, -0.25) is 0 Å². The zero-order chi connectivity index (χ0) is 8.81. The maximum absolute atomic E-state index is 5.35. The molecule has 1 unspecified atom stereocenters. The van der Waals surface area contributed by atoms with Gasteiger partial charge in [0.2, 0.25) is 0 Å². The first-order valence-electron chi connectivity index (χ1n) is 5.40. The molecule has 72 valence electrons. The van der Waals surface area contributed by atoms with Gasteiger partial charge in [-0.2, -0.15) is 0 Å². The van der Waals surface area contributed by atoms with Crippen LogP contribution in [0.1, 0.15) is 46.0 Å². The SMILES string of the molecule is CCC[C@H](C)CCC1CCOC1. The molecule has 0 aromatic heterocycles. The van der Waals surface area contributed by atoms with E-state index in [4.69, 9.17) is 4.74 Å². The molecule has 1 fully saturated rings. The van der Waals surface area contributed by atoms with Crippen molar-refractivity contribution in [1.82, 2.24) is 0 Å². The molecule has 1 heterocycles. The molecule has 0 spiro atoms. The molecule has 1 nitrogen and oxygen atoms in total. The van der Waals surface area contributed by atoms with Crippen molar-refractivity contribution >= 4 is 0 Å². The third-order valence-corrected chi connectivity index (χ3v) is 2.87. The summed E-state index contributed by atoms with van der Waals surface area (Å²) in [7, 11) is 0. The van der Waals surface area contributed by atoms with Crippen LogP contribution in [0.3, 0.4) is 0 Å². The Balaban J connectivity index is 1.99. The Kier molecular flexibility index (Phi) is 4.67. The van der Waals surface area contributed by atoms with E-state index in [1.165, 1.54) is 32.1 Å². The Bertz CT molecular complexity index is 106. The van der Waals surface area contributed by atoms with Gasteiger partial charge < -0.3 is 4.74 Å². The summed E-state index contributed by atoms with van der Waals surface area (Å²) in [5.41, 5.74) is 0. The summed E-state index contributed by atoms with van der Waals surface area (Å²) in [6.45, 7) is 6.68. The molecule has 0 saturated carbocycles. The molecule has 1 aliphatic heterocycles. The average Bonchev–Trinajstić information content (AvgIpc) is 2.53. The van der Waals surface area contributed by atoms with Gasteiger partial charge in [-0.25, -0.2) is 0 Å². The maximum atomic E-state index is 5.35. The summed E-state index contributed by atoms with van der Waals surface area (Å²) >= 11 is 0. The van der Waals surface area contributed by atoms with Gasteiger partial charge in [0, 0.05) is 13.2 Å². The lowest BCUT2D eigenvalue weighted by Crippen LogP contribution is -2.02. The van der Waals surface area contributed by atoms with Gasteiger partial charge in [0.1, 0.15) is 0 Å². The second kappa shape index (κ2) is 5.58. The minimum absolute atomic E-state index is 0.879. The van der Waals surface area contributed by atoms with E-state index in [1.54, 1.807) is 0 Å². The minimum atomic E-state index is 0.879. The lowest BCUT2D eigenvalue weighted by Gasteiger charge is -2.12. The van der Waals surface area contributed by atoms with E-state index in [-0.39, 0.29) is 0 Å². The first kappa shape index (κ1) is 10.0. The van der Waals surface area contributed by atoms with Crippen molar-refractivity contribution < 1.29 is 4.74 Å². The van der Waals surface area contributed by atoms with E-state index in [1.807, 2.05) is 0 Å². The second-order valence-electron chi connectivity index (χ2n) is 4.20. The Hall–Kier alpha value is -0.0400. The fraction of sp³-hybridized carbons (Fsp3) is 1.00. The molecule has 1 heteroatoms. The van der Waals surface area contributed by atoms with Gasteiger partial charge in [0.05, 0.1) is 0 Å². The van der Waals surface area contributed by atoms with Crippen LogP contribution in [0, 0.1) is 11.8 Å². The molecule has 0 aromatic carbocycles. The van der Waals surface area contributed by atoms with Gasteiger partial charge in [0.15, 0.2) is 0 Å². The molecule has 0 N–H and O–H groups in total. The van der Waals surface area contributed by atoms with E-state index >= 15 is 0 Å². The Labute approximate surface area is 76.5 Å². The van der Waals surface area contributed by atoms with Crippen LogP contribution in [-0.4, -0.2) is 13.2 Å². The van der Waals surface area contributed by atoms with Crippen LogP contribution in [0.4, 0.5) is 0 Å². The summed E-state index contributed by atoms with van der Waals surface area (Å²) in [6.07, 6.45) is 6.83. The van der Waals surface area contributed by atoms with E-state index in [2.05, 4.69) is 13.8 Å². The summed E-state index contributed by atoms with van der Waals surface area (Å²) in [4.78, 5) is 0. The van der Waals surface area contributed by atoms with Crippen LogP contribution in [0.2, 0.25) is 0 Å². The third-order valence-electron chi connectivity index (χ3n) is 2.87. The Morgan fingerprint density at radius 2 is 2.25 bits per heavy atom. The highest BCUT2D eigenvalue weighted by Crippen LogP contribution is 2.22. The van der Waals surface area contributed by atoms with Gasteiger partial charge in [-0.1, -0.05) is 33.1 Å². The van der Waals surface area contributed by atoms with E-state index < -0.39 is 0 Å². The quantitative estimate of drug-likeness (QED) is 0.615. The van der Waals surface area contributed by atoms with Crippen LogP contribution in [-0.2, 0) is 4.74 Å². The predicted octanol–water partition coefficient (Wildman–Crippen LogP) is 3.24. The van der Waals surface area contributed by atoms with E-state index in [9.17, 15) is 0 Å². The van der Waals surface area contributed by atoms with Crippen molar-refractivity contribution in [2.75, 3.05) is 13.2 Å². The average molecular weight is 170 g/mol. The molecule has 1 saturated heterocycles. The van der Waals surface area contributed by atoms with E-state index in [0.717, 1.165) is 25.0 Å². The number of rotatable bonds is 5. The normalized spacial score (nSPS) is 26.0. The summed E-state index contributed by atoms with van der Waals surface area (Å²) in [5.74, 6) is 1.81. The van der Waals surface area contributed by atoms with Gasteiger partial charge in [-0.15, -0.1) is 0 Å². The van der Waals surface area contributed by atoms with Gasteiger partial charge >= 0.3 is 0 Å². The first-order valence-corrected chi connectivity index (χ1v) is 5.40. The smallest absolute Gasteiger partial charge is 0.0495 e. The Morgan fingerprint density at radius 1 is 1.42 bits per heavy atom. The highest BCUT2D eigenvalue weighted by molar-refractivity contribution is 4.65. The zero-order valence-electron chi connectivity index (χ0n) is 8.51. The zero-order valence-corrected chi connectivity index (χ0v) is 8.51. The standard InChI is InChI=1S/C11H22O/c1-3-4-10(2)5-6-11-7-8-12-9-11/h10-11H,3-9H2,1-2H3/t10-,11?/m0/s1. The maximum Gasteiger partial charge on any atom is 0.0495 e. The summed E-state index contributed by atoms with van der Waals surface area (Å²) in [5, 5.41) is 0. The highest BCUT2D eigenvalue weighted by Gasteiger charge is 2.15. The molecule has 0 aromatic rings. The molecule has 0 radical (unpaired) electrons. The van der Waals surface area contributed by atoms with Crippen LogP contribution in [0.5, 0.6) is 0 Å². The molecular formula is C11H22O. The molecular weight excluding hydrogens is 148 g/mol. The van der Waals surface area contributed by atoms with Gasteiger partial charge in [0.25, 0.3) is 0 Å². The van der Waals surface area contributed by atoms with Crippen molar-refractivity contribution in [3.8, 4) is 0 Å². The molecule has 1 rings (SSSR count). The van der Waals surface area contributed by atoms with Crippen LogP contribution in [0.15, 0.2) is 0 Å². The van der Waals surface area contributed by atoms with E-state index in [0.29, 0.717) is 0 Å². The van der Waals surface area contributed by atoms with Crippen LogP contribution >= 0.6 is 0 Å². The number of ether oxygens (including phenoxy) is 1. The minimum Gasteiger partial charge on any atom is -0.381 e. The second-order valence-corrected chi connectivity index (χ2v) is 4.20. The van der Waals surface area contributed by atoms with Gasteiger partial charge in [-0.05, 0) is 24.7 Å². The highest BCUT2D eigenvalue weighted by atomic mass is 16.5. The topological polar surface area (TPSA) is 9.23 Å². The fourth-order valence-corrected chi connectivity index (χ4v) is 1.97.